The van der Waals surface area contributed by atoms with Gasteiger partial charge in [-0.3, -0.25) is 4.79 Å². The van der Waals surface area contributed by atoms with Gasteiger partial charge in [0.2, 0.25) is 0 Å². The SMILES string of the molecule is CCCCCC[n+]1c(O)c(C(=O)F)n2cc(Br)c3ccccc3c21. The van der Waals surface area contributed by atoms with Crippen LogP contribution in [0.2, 0.25) is 0 Å². The number of unbranched alkanes of at least 4 members (excludes halogenated alkanes) is 3. The lowest BCUT2D eigenvalue weighted by atomic mass is 10.1. The van der Waals surface area contributed by atoms with Crippen molar-refractivity contribution in [2.75, 3.05) is 0 Å². The number of hydrogen-bond acceptors (Lipinski definition) is 2. The summed E-state index contributed by atoms with van der Waals surface area (Å²) >= 11 is 3.46. The fraction of sp³-hybridized carbons (Fsp3) is 0.333. The molecule has 0 saturated heterocycles. The normalized spacial score (nSPS) is 11.5. The first-order valence-corrected chi connectivity index (χ1v) is 8.89. The van der Waals surface area contributed by atoms with E-state index in [4.69, 9.17) is 0 Å². The first kappa shape index (κ1) is 16.9. The number of benzene rings is 1. The second kappa shape index (κ2) is 6.89. The molecule has 0 aliphatic rings. The Morgan fingerprint density at radius 3 is 2.62 bits per heavy atom. The third-order valence-electron chi connectivity index (χ3n) is 4.28. The van der Waals surface area contributed by atoms with Crippen LogP contribution in [0.1, 0.15) is 43.1 Å². The van der Waals surface area contributed by atoms with Crippen molar-refractivity contribution in [3.8, 4) is 5.88 Å². The third kappa shape index (κ3) is 2.79. The molecular weight excluding hydrogens is 375 g/mol. The highest BCUT2D eigenvalue weighted by atomic mass is 79.9. The number of pyridine rings is 1. The number of hydrogen-bond donors (Lipinski definition) is 1. The second-order valence-electron chi connectivity index (χ2n) is 5.87. The first-order valence-electron chi connectivity index (χ1n) is 8.10. The number of aromatic hydroxyl groups is 1. The number of rotatable bonds is 6. The third-order valence-corrected chi connectivity index (χ3v) is 4.91. The average Bonchev–Trinajstić information content (AvgIpc) is 2.84. The van der Waals surface area contributed by atoms with Crippen molar-refractivity contribution in [3.63, 3.8) is 0 Å². The highest BCUT2D eigenvalue weighted by Gasteiger charge is 2.32. The summed E-state index contributed by atoms with van der Waals surface area (Å²) in [6.07, 6.45) is 5.72. The fourth-order valence-corrected chi connectivity index (χ4v) is 3.68. The molecule has 0 spiro atoms. The Morgan fingerprint density at radius 1 is 1.25 bits per heavy atom. The molecule has 0 radical (unpaired) electrons. The van der Waals surface area contributed by atoms with Gasteiger partial charge in [-0.2, -0.15) is 13.4 Å². The van der Waals surface area contributed by atoms with E-state index in [9.17, 15) is 14.3 Å². The van der Waals surface area contributed by atoms with Crippen LogP contribution in [0.3, 0.4) is 0 Å². The largest absolute Gasteiger partial charge is 0.474 e. The van der Waals surface area contributed by atoms with E-state index < -0.39 is 6.04 Å². The van der Waals surface area contributed by atoms with Crippen LogP contribution in [-0.4, -0.2) is 15.5 Å². The molecule has 4 nitrogen and oxygen atoms in total. The predicted molar refractivity (Wildman–Crippen MR) is 94.0 cm³/mol. The van der Waals surface area contributed by atoms with Crippen molar-refractivity contribution >= 4 is 38.4 Å². The molecule has 126 valence electrons. The van der Waals surface area contributed by atoms with Crippen LogP contribution in [0.5, 0.6) is 5.88 Å². The molecule has 0 amide bonds. The predicted octanol–water partition coefficient (Wildman–Crippen LogP) is 4.54. The quantitative estimate of drug-likeness (QED) is 0.379. The number of fused-ring (bicyclic) bond motifs is 3. The van der Waals surface area contributed by atoms with Gasteiger partial charge < -0.3 is 5.11 Å². The Kier molecular flexibility index (Phi) is 4.85. The molecule has 24 heavy (non-hydrogen) atoms. The maximum Gasteiger partial charge on any atom is 0.379 e. The number of aryl methyl sites for hydroxylation is 1. The van der Waals surface area contributed by atoms with Gasteiger partial charge in [0.1, 0.15) is 6.20 Å². The van der Waals surface area contributed by atoms with Crippen molar-refractivity contribution in [3.05, 3.63) is 40.6 Å². The van der Waals surface area contributed by atoms with Gasteiger partial charge in [-0.05, 0) is 34.8 Å². The van der Waals surface area contributed by atoms with E-state index in [1.54, 1.807) is 10.8 Å². The summed E-state index contributed by atoms with van der Waals surface area (Å²) in [5, 5.41) is 12.3. The van der Waals surface area contributed by atoms with Gasteiger partial charge in [0.15, 0.2) is 0 Å². The van der Waals surface area contributed by atoms with Crippen molar-refractivity contribution in [1.82, 2.24) is 4.40 Å². The van der Waals surface area contributed by atoms with Gasteiger partial charge >= 0.3 is 11.9 Å². The van der Waals surface area contributed by atoms with Gasteiger partial charge in [-0.25, -0.2) is 0 Å². The standard InChI is InChI=1S/C18H18BrFN2O2/c1-2-3-4-7-10-21-17-13-9-6-5-8-12(13)14(19)11-22(17)15(16(20)23)18(21)24/h5-6,8-9,11H,2-4,7,10H2,1H3/p+1. The molecule has 6 heteroatoms. The molecule has 2 heterocycles. The van der Waals surface area contributed by atoms with Gasteiger partial charge in [-0.15, -0.1) is 0 Å². The second-order valence-corrected chi connectivity index (χ2v) is 6.73. The zero-order chi connectivity index (χ0) is 17.3. The number of carbonyl (C=O) groups is 1. The van der Waals surface area contributed by atoms with Gasteiger partial charge in [0, 0.05) is 5.39 Å². The molecule has 0 aliphatic carbocycles. The number of nitrogens with zero attached hydrogens (tertiary/aromatic N) is 2. The Labute approximate surface area is 147 Å². The molecule has 2 aromatic heterocycles. The Balaban J connectivity index is 2.27. The molecule has 3 aromatic rings. The van der Waals surface area contributed by atoms with Crippen LogP contribution in [0.4, 0.5) is 4.39 Å². The fourth-order valence-electron chi connectivity index (χ4n) is 3.13. The first-order chi connectivity index (χ1) is 11.6. The number of halogens is 2. The lowest BCUT2D eigenvalue weighted by Crippen LogP contribution is -2.33. The van der Waals surface area contributed by atoms with Crippen molar-refractivity contribution in [2.45, 2.75) is 39.2 Å². The molecule has 0 fully saturated rings. The van der Waals surface area contributed by atoms with E-state index in [2.05, 4.69) is 22.9 Å². The summed E-state index contributed by atoms with van der Waals surface area (Å²) in [4.78, 5) is 11.4. The van der Waals surface area contributed by atoms with E-state index in [-0.39, 0.29) is 11.6 Å². The summed E-state index contributed by atoms with van der Waals surface area (Å²) in [5.74, 6) is -0.317. The summed E-state index contributed by atoms with van der Waals surface area (Å²) in [6.45, 7) is 2.66. The monoisotopic (exact) mass is 393 g/mol. The van der Waals surface area contributed by atoms with Crippen molar-refractivity contribution < 1.29 is 18.9 Å². The van der Waals surface area contributed by atoms with Crippen LogP contribution < -0.4 is 4.57 Å². The molecule has 0 aliphatic heterocycles. The van der Waals surface area contributed by atoms with Gasteiger partial charge in [0.25, 0.3) is 11.3 Å². The molecule has 1 aromatic carbocycles. The van der Waals surface area contributed by atoms with E-state index in [1.165, 1.54) is 4.40 Å². The highest BCUT2D eigenvalue weighted by Crippen LogP contribution is 2.30. The van der Waals surface area contributed by atoms with E-state index in [0.717, 1.165) is 40.9 Å². The minimum atomic E-state index is -1.64. The number of aromatic nitrogens is 2. The summed E-state index contributed by atoms with van der Waals surface area (Å²) in [6, 6.07) is 6.01. The summed E-state index contributed by atoms with van der Waals surface area (Å²) in [5.41, 5.74) is 0.302. The van der Waals surface area contributed by atoms with Crippen LogP contribution in [0, 0.1) is 0 Å². The number of carbonyl (C=O) groups excluding carboxylic acids is 1. The minimum Gasteiger partial charge on any atom is -0.474 e. The average molecular weight is 394 g/mol. The molecule has 0 bridgehead atoms. The zero-order valence-electron chi connectivity index (χ0n) is 13.4. The van der Waals surface area contributed by atoms with E-state index in [0.29, 0.717) is 12.2 Å². The Morgan fingerprint density at radius 2 is 1.96 bits per heavy atom. The van der Waals surface area contributed by atoms with Crippen LogP contribution in [-0.2, 0) is 6.54 Å². The van der Waals surface area contributed by atoms with Crippen LogP contribution in [0.25, 0.3) is 16.4 Å². The molecule has 3 rings (SSSR count). The molecule has 0 saturated carbocycles. The van der Waals surface area contributed by atoms with Crippen molar-refractivity contribution in [2.24, 2.45) is 0 Å². The van der Waals surface area contributed by atoms with Gasteiger partial charge in [0.05, 0.1) is 16.4 Å². The molecule has 0 unspecified atom stereocenters. The summed E-state index contributed by atoms with van der Waals surface area (Å²) < 4.78 is 17.4. The lowest BCUT2D eigenvalue weighted by Gasteiger charge is -2.03. The van der Waals surface area contributed by atoms with E-state index in [1.807, 2.05) is 24.3 Å². The lowest BCUT2D eigenvalue weighted by molar-refractivity contribution is -0.676. The van der Waals surface area contributed by atoms with Crippen LogP contribution >= 0.6 is 15.9 Å². The highest BCUT2D eigenvalue weighted by molar-refractivity contribution is 9.10. The Bertz CT molecular complexity index is 920. The molecule has 1 N–H and O–H groups in total. The smallest absolute Gasteiger partial charge is 0.379 e. The maximum absolute atomic E-state index is 13.6. The molecular formula is C18H19BrFN2O2+. The summed E-state index contributed by atoms with van der Waals surface area (Å²) in [7, 11) is 0. The molecule has 0 atom stereocenters. The van der Waals surface area contributed by atoms with E-state index >= 15 is 0 Å². The van der Waals surface area contributed by atoms with Crippen LogP contribution in [0.15, 0.2) is 34.9 Å². The van der Waals surface area contributed by atoms with Gasteiger partial charge in [-0.1, -0.05) is 38.0 Å². The maximum atomic E-state index is 13.6. The topological polar surface area (TPSA) is 45.6 Å². The van der Waals surface area contributed by atoms with Crippen molar-refractivity contribution in [1.29, 1.82) is 0 Å². The number of imidazole rings is 1. The zero-order valence-corrected chi connectivity index (χ0v) is 15.0. The minimum absolute atomic E-state index is 0.317. The Hall–Kier alpha value is -1.95.